The maximum atomic E-state index is 13.3. The highest BCUT2D eigenvalue weighted by Crippen LogP contribution is 2.27. The topological polar surface area (TPSA) is 112 Å². The number of anilines is 1. The molecule has 0 atom stereocenters. The van der Waals surface area contributed by atoms with Gasteiger partial charge in [0.1, 0.15) is 0 Å². The molecule has 5 aromatic rings. The van der Waals surface area contributed by atoms with Crippen LogP contribution in [0.4, 0.5) is 13.9 Å². The van der Waals surface area contributed by atoms with Crippen molar-refractivity contribution in [1.82, 2.24) is 14.4 Å². The van der Waals surface area contributed by atoms with Crippen LogP contribution in [0, 0.1) is 11.6 Å². The van der Waals surface area contributed by atoms with E-state index in [1.54, 1.807) is 36.6 Å². The van der Waals surface area contributed by atoms with Gasteiger partial charge in [0.25, 0.3) is 0 Å². The van der Waals surface area contributed by atoms with Gasteiger partial charge in [-0.25, -0.2) is 18.7 Å². The number of hydrogen-bond acceptors (Lipinski definition) is 9. The predicted octanol–water partition coefficient (Wildman–Crippen LogP) is 6.35. The first kappa shape index (κ1) is 31.8. The smallest absolute Gasteiger partial charge is 0.194 e. The number of imidazole rings is 1. The van der Waals surface area contributed by atoms with Crippen molar-refractivity contribution in [2.45, 2.75) is 6.92 Å². The second-order valence-corrected chi connectivity index (χ2v) is 9.52. The number of carbonyl (C=O) groups is 1. The molecule has 0 saturated heterocycles. The summed E-state index contributed by atoms with van der Waals surface area (Å²) < 4.78 is 37.8. The van der Waals surface area contributed by atoms with Crippen LogP contribution in [0.3, 0.4) is 0 Å². The van der Waals surface area contributed by atoms with Gasteiger partial charge in [0.15, 0.2) is 39.0 Å². The van der Waals surface area contributed by atoms with Gasteiger partial charge in [0, 0.05) is 47.1 Å². The van der Waals surface area contributed by atoms with E-state index in [1.165, 1.54) is 49.8 Å². The summed E-state index contributed by atoms with van der Waals surface area (Å²) in [5.74, 6) is -0.602. The molecule has 3 aromatic heterocycles. The predicted molar refractivity (Wildman–Crippen MR) is 155 cm³/mol. The van der Waals surface area contributed by atoms with Crippen molar-refractivity contribution in [3.63, 3.8) is 0 Å². The van der Waals surface area contributed by atoms with Gasteiger partial charge in [0.2, 0.25) is 0 Å². The van der Waals surface area contributed by atoms with E-state index in [2.05, 4.69) is 25.9 Å². The minimum atomic E-state index is -0.464. The molecule has 3 N–H and O–H groups in total. The fourth-order valence-electron chi connectivity index (χ4n) is 2.83. The monoisotopic (exact) mass is 640 g/mol. The highest BCUT2D eigenvalue weighted by molar-refractivity contribution is 9.09. The Bertz CT molecular complexity index is 1420. The Kier molecular flexibility index (Phi) is 13.5. The lowest BCUT2D eigenvalue weighted by Gasteiger charge is -2.03. The third-order valence-corrected chi connectivity index (χ3v) is 6.47. The van der Waals surface area contributed by atoms with E-state index >= 15 is 0 Å². The lowest BCUT2D eigenvalue weighted by Crippen LogP contribution is -2.01. The number of aliphatic hydroxyl groups is 1. The van der Waals surface area contributed by atoms with Crippen LogP contribution in [-0.2, 0) is 0 Å². The van der Waals surface area contributed by atoms with Gasteiger partial charge in [-0.15, -0.1) is 22.7 Å². The summed E-state index contributed by atoms with van der Waals surface area (Å²) >= 11 is 6.04. The number of Topliss-reactive ketones (excluding diaryl/α,β-unsaturated/α-hetero) is 1. The number of thiazole rings is 2. The van der Waals surface area contributed by atoms with Crippen LogP contribution in [-0.4, -0.2) is 51.4 Å². The number of alkyl halides is 1. The van der Waals surface area contributed by atoms with Gasteiger partial charge < -0.3 is 20.3 Å². The molecule has 0 aliphatic rings. The minimum absolute atomic E-state index is 0.0896. The van der Waals surface area contributed by atoms with Crippen LogP contribution in [0.25, 0.3) is 16.2 Å². The third kappa shape index (κ3) is 9.70. The summed E-state index contributed by atoms with van der Waals surface area (Å²) in [5.41, 5.74) is 7.29. The Labute approximate surface area is 240 Å². The normalized spacial score (nSPS) is 9.82. The quantitative estimate of drug-likeness (QED) is 0.170. The number of ketones is 1. The molecule has 0 aliphatic heterocycles. The first-order chi connectivity index (χ1) is 18.8. The molecular formula is C26H27BrF2N4O4S2. The van der Waals surface area contributed by atoms with E-state index in [1.807, 2.05) is 27.6 Å². The molecule has 2 aromatic carbocycles. The molecule has 208 valence electrons. The van der Waals surface area contributed by atoms with Crippen LogP contribution in [0.1, 0.15) is 17.3 Å². The van der Waals surface area contributed by atoms with Crippen molar-refractivity contribution in [2.75, 3.05) is 31.9 Å². The number of hydrogen-bond donors (Lipinski definition) is 2. The van der Waals surface area contributed by atoms with Crippen molar-refractivity contribution >= 4 is 54.5 Å². The van der Waals surface area contributed by atoms with Gasteiger partial charge in [-0.2, -0.15) is 0 Å². The highest BCUT2D eigenvalue weighted by Gasteiger charge is 2.09. The average Bonchev–Trinajstić information content (AvgIpc) is 3.69. The zero-order valence-electron chi connectivity index (χ0n) is 21.3. The summed E-state index contributed by atoms with van der Waals surface area (Å²) in [6, 6.07) is 8.78. The lowest BCUT2D eigenvalue weighted by molar-refractivity contribution is 0.102. The van der Waals surface area contributed by atoms with E-state index in [0.29, 0.717) is 10.7 Å². The summed E-state index contributed by atoms with van der Waals surface area (Å²) in [4.78, 5) is 20.3. The Morgan fingerprint density at radius 3 is 2.23 bits per heavy atom. The fraction of sp³-hybridized carbons (Fsp3) is 0.192. The Balaban J connectivity index is 0.000000213. The van der Waals surface area contributed by atoms with Gasteiger partial charge >= 0.3 is 0 Å². The number of nitrogens with two attached hydrogens (primary N) is 1. The first-order valence-corrected chi connectivity index (χ1v) is 14.1. The molecule has 0 fully saturated rings. The second-order valence-electron chi connectivity index (χ2n) is 7.16. The summed E-state index contributed by atoms with van der Waals surface area (Å²) in [5, 5.41) is 12.2. The number of carbonyl (C=O) groups excluding carboxylic acids is 1. The van der Waals surface area contributed by atoms with E-state index in [9.17, 15) is 13.6 Å². The number of aromatic nitrogens is 3. The van der Waals surface area contributed by atoms with Crippen LogP contribution < -0.4 is 15.2 Å². The standard InChI is InChI=1S/C12H9FN2OS.C9H8BrFO2.C3H4N2S.C2H6O/c1-16-11-6-8(2-3-9(11)13)10-7-15-4-5-17-12(15)14-10;1-13-9-4-6(8(12)5-10)2-3-7(9)11;4-3-5-1-2-6-3;1-2-3/h2-7H,1H3;2-4H,5H2,1H3;1-2H,(H2,4,5);3H,2H2,1H3. The molecule has 0 unspecified atom stereocenters. The van der Waals surface area contributed by atoms with E-state index in [0.717, 1.165) is 16.2 Å². The average molecular weight is 642 g/mol. The maximum absolute atomic E-state index is 13.3. The van der Waals surface area contributed by atoms with E-state index in [4.69, 9.17) is 20.3 Å². The zero-order chi connectivity index (χ0) is 28.8. The highest BCUT2D eigenvalue weighted by atomic mass is 79.9. The number of fused-ring (bicyclic) bond motifs is 1. The van der Waals surface area contributed by atoms with Gasteiger partial charge in [-0.3, -0.25) is 9.20 Å². The van der Waals surface area contributed by atoms with E-state index < -0.39 is 5.82 Å². The lowest BCUT2D eigenvalue weighted by atomic mass is 10.1. The molecule has 0 saturated carbocycles. The zero-order valence-corrected chi connectivity index (χ0v) is 24.5. The Hall–Kier alpha value is -3.39. The Morgan fingerprint density at radius 1 is 1.08 bits per heavy atom. The van der Waals surface area contributed by atoms with Crippen LogP contribution in [0.5, 0.6) is 11.5 Å². The molecule has 0 bridgehead atoms. The summed E-state index contributed by atoms with van der Waals surface area (Å²) in [6.07, 6.45) is 5.54. The van der Waals surface area contributed by atoms with Gasteiger partial charge in [-0.1, -0.05) is 15.9 Å². The minimum Gasteiger partial charge on any atom is -0.494 e. The first-order valence-electron chi connectivity index (χ1n) is 11.2. The molecule has 0 amide bonds. The number of nitrogens with zero attached hydrogens (tertiary/aromatic N) is 3. The third-order valence-electron chi connectivity index (χ3n) is 4.59. The number of ether oxygens (including phenoxy) is 2. The summed E-state index contributed by atoms with van der Waals surface area (Å²) in [7, 11) is 2.81. The van der Waals surface area contributed by atoms with Crippen molar-refractivity contribution in [2.24, 2.45) is 0 Å². The molecule has 3 heterocycles. The maximum Gasteiger partial charge on any atom is 0.194 e. The van der Waals surface area contributed by atoms with Crippen LogP contribution >= 0.6 is 38.6 Å². The molecule has 0 spiro atoms. The van der Waals surface area contributed by atoms with Crippen LogP contribution in [0.15, 0.2) is 65.7 Å². The molecular weight excluding hydrogens is 614 g/mol. The Morgan fingerprint density at radius 2 is 1.72 bits per heavy atom. The van der Waals surface area contributed by atoms with Crippen molar-refractivity contribution in [3.8, 4) is 22.8 Å². The number of aliphatic hydroxyl groups excluding tert-OH is 1. The van der Waals surface area contributed by atoms with Gasteiger partial charge in [0.05, 0.1) is 25.2 Å². The number of nitrogen functional groups attached to an aromatic ring is 1. The van der Waals surface area contributed by atoms with Gasteiger partial charge in [-0.05, 0) is 43.3 Å². The SMILES string of the molecule is CCO.COc1cc(-c2cn3ccsc3n2)ccc1F.COc1cc(C(=O)CBr)ccc1F.Nc1nccs1. The molecule has 13 heteroatoms. The van der Waals surface area contributed by atoms with Crippen molar-refractivity contribution in [1.29, 1.82) is 0 Å². The molecule has 5 rings (SSSR count). The molecule has 0 aliphatic carbocycles. The number of halogens is 3. The van der Waals surface area contributed by atoms with E-state index in [-0.39, 0.29) is 35.0 Å². The van der Waals surface area contributed by atoms with Crippen molar-refractivity contribution in [3.05, 3.63) is 82.9 Å². The number of rotatable bonds is 5. The second kappa shape index (κ2) is 16.5. The molecule has 0 radical (unpaired) electrons. The number of benzene rings is 2. The van der Waals surface area contributed by atoms with Crippen LogP contribution in [0.2, 0.25) is 0 Å². The summed E-state index contributed by atoms with van der Waals surface area (Å²) in [6.45, 7) is 1.93. The molecule has 8 nitrogen and oxygen atoms in total. The van der Waals surface area contributed by atoms with Crippen molar-refractivity contribution < 1.29 is 28.2 Å². The molecule has 39 heavy (non-hydrogen) atoms. The fourth-order valence-corrected chi connectivity index (χ4v) is 4.24. The number of methoxy groups -OCH3 is 2. The largest absolute Gasteiger partial charge is 0.494 e.